The number of aryl methyl sites for hydroxylation is 2. The topological polar surface area (TPSA) is 84.8 Å². The molecule has 0 unspecified atom stereocenters. The number of anilines is 2. The van der Waals surface area contributed by atoms with E-state index in [0.29, 0.717) is 31.6 Å². The molecular weight excluding hydrogens is 404 g/mol. The summed E-state index contributed by atoms with van der Waals surface area (Å²) in [5.74, 6) is 1.39. The van der Waals surface area contributed by atoms with Crippen molar-refractivity contribution in [2.45, 2.75) is 19.8 Å². The van der Waals surface area contributed by atoms with Gasteiger partial charge in [-0.05, 0) is 37.5 Å². The van der Waals surface area contributed by atoms with Crippen LogP contribution in [0.25, 0.3) is 0 Å². The van der Waals surface area contributed by atoms with Crippen LogP contribution in [-0.2, 0) is 11.2 Å². The van der Waals surface area contributed by atoms with E-state index < -0.39 is 0 Å². The summed E-state index contributed by atoms with van der Waals surface area (Å²) in [5, 5.41) is 4.34. The first-order chi connectivity index (χ1) is 15.8. The Bertz CT molecular complexity index is 1020. The average molecular weight is 433 g/mol. The van der Waals surface area contributed by atoms with Gasteiger partial charge in [0.2, 0.25) is 0 Å². The highest BCUT2D eigenvalue weighted by Crippen LogP contribution is 2.21. The molecule has 8 nitrogen and oxygen atoms in total. The zero-order valence-electron chi connectivity index (χ0n) is 18.3. The van der Waals surface area contributed by atoms with E-state index in [2.05, 4.69) is 49.4 Å². The lowest BCUT2D eigenvalue weighted by molar-refractivity contribution is 0.122. The normalized spacial score (nSPS) is 14.0. The molecule has 0 aliphatic carbocycles. The van der Waals surface area contributed by atoms with Crippen LogP contribution >= 0.6 is 0 Å². The largest absolute Gasteiger partial charge is 0.463 e. The van der Waals surface area contributed by atoms with Gasteiger partial charge in [0, 0.05) is 31.0 Å². The van der Waals surface area contributed by atoms with E-state index in [9.17, 15) is 0 Å². The Morgan fingerprint density at radius 3 is 2.84 bits per heavy atom. The summed E-state index contributed by atoms with van der Waals surface area (Å²) in [6.07, 6.45) is 5.25. The van der Waals surface area contributed by atoms with Crippen LogP contribution in [0.3, 0.4) is 0 Å². The van der Waals surface area contributed by atoms with Crippen LogP contribution in [0, 0.1) is 6.92 Å². The summed E-state index contributed by atoms with van der Waals surface area (Å²) in [6, 6.07) is 16.3. The standard InChI is InChI=1S/C24H28N6O2/c1-19-6-4-7-20(16-19)18-26-29-22-17-23(30-11-14-31-15-12-30)28-24(27-22)32-13-5-9-21-8-2-3-10-25-21/h2-4,6-8,10,16-18H,5,9,11-15H2,1H3,(H,27,28,29). The number of hydrogen-bond donors (Lipinski definition) is 1. The maximum Gasteiger partial charge on any atom is 0.320 e. The van der Waals surface area contributed by atoms with Gasteiger partial charge in [0.15, 0.2) is 5.82 Å². The van der Waals surface area contributed by atoms with Crippen molar-refractivity contribution in [1.29, 1.82) is 0 Å². The van der Waals surface area contributed by atoms with Crippen molar-refractivity contribution >= 4 is 17.9 Å². The highest BCUT2D eigenvalue weighted by atomic mass is 16.5. The van der Waals surface area contributed by atoms with E-state index in [1.807, 2.05) is 36.4 Å². The molecule has 0 atom stereocenters. The number of rotatable bonds is 9. The van der Waals surface area contributed by atoms with Crippen molar-refractivity contribution in [3.8, 4) is 6.01 Å². The molecule has 1 aliphatic heterocycles. The zero-order valence-corrected chi connectivity index (χ0v) is 18.3. The number of pyridine rings is 1. The van der Waals surface area contributed by atoms with Crippen LogP contribution in [0.2, 0.25) is 0 Å². The van der Waals surface area contributed by atoms with Crippen LogP contribution in [0.5, 0.6) is 6.01 Å². The van der Waals surface area contributed by atoms with E-state index >= 15 is 0 Å². The van der Waals surface area contributed by atoms with Gasteiger partial charge in [-0.2, -0.15) is 15.1 Å². The van der Waals surface area contributed by atoms with E-state index in [0.717, 1.165) is 43.0 Å². The number of hydrogen-bond acceptors (Lipinski definition) is 8. The summed E-state index contributed by atoms with van der Waals surface area (Å²) in [6.45, 7) is 5.48. The fourth-order valence-corrected chi connectivity index (χ4v) is 3.38. The van der Waals surface area contributed by atoms with Gasteiger partial charge >= 0.3 is 6.01 Å². The second kappa shape index (κ2) is 11.2. The van der Waals surface area contributed by atoms with Gasteiger partial charge in [-0.1, -0.05) is 35.9 Å². The maximum atomic E-state index is 5.88. The molecule has 0 spiro atoms. The second-order valence-corrected chi connectivity index (χ2v) is 7.55. The average Bonchev–Trinajstić information content (AvgIpc) is 2.83. The number of nitrogens with one attached hydrogen (secondary N) is 1. The Hall–Kier alpha value is -3.52. The van der Waals surface area contributed by atoms with E-state index in [1.54, 1.807) is 12.4 Å². The molecule has 1 fully saturated rings. The number of nitrogens with zero attached hydrogens (tertiary/aromatic N) is 5. The lowest BCUT2D eigenvalue weighted by Crippen LogP contribution is -2.36. The predicted molar refractivity (Wildman–Crippen MR) is 126 cm³/mol. The molecule has 1 aromatic carbocycles. The van der Waals surface area contributed by atoms with Gasteiger partial charge in [-0.3, -0.25) is 10.4 Å². The molecule has 0 amide bonds. The minimum Gasteiger partial charge on any atom is -0.463 e. The smallest absolute Gasteiger partial charge is 0.320 e. The van der Waals surface area contributed by atoms with E-state index in [4.69, 9.17) is 9.47 Å². The molecule has 8 heteroatoms. The third-order valence-corrected chi connectivity index (χ3v) is 5.00. The van der Waals surface area contributed by atoms with Gasteiger partial charge < -0.3 is 14.4 Å². The molecule has 4 rings (SSSR count). The molecule has 2 aromatic heterocycles. The van der Waals surface area contributed by atoms with Crippen molar-refractivity contribution in [2.24, 2.45) is 5.10 Å². The van der Waals surface area contributed by atoms with Crippen molar-refractivity contribution in [2.75, 3.05) is 43.2 Å². The summed E-state index contributed by atoms with van der Waals surface area (Å²) in [7, 11) is 0. The third-order valence-electron chi connectivity index (χ3n) is 5.00. The van der Waals surface area contributed by atoms with Crippen LogP contribution < -0.4 is 15.1 Å². The SMILES string of the molecule is Cc1cccc(C=NNc2cc(N3CCOCC3)nc(OCCCc3ccccn3)n2)c1. The zero-order chi connectivity index (χ0) is 22.0. The lowest BCUT2D eigenvalue weighted by Gasteiger charge is -2.28. The molecule has 3 heterocycles. The maximum absolute atomic E-state index is 5.88. The minimum atomic E-state index is 0.336. The van der Waals surface area contributed by atoms with Gasteiger partial charge in [0.05, 0.1) is 26.0 Å². The van der Waals surface area contributed by atoms with E-state index in [-0.39, 0.29) is 0 Å². The van der Waals surface area contributed by atoms with Crippen LogP contribution in [0.4, 0.5) is 11.6 Å². The van der Waals surface area contributed by atoms with Crippen molar-refractivity contribution in [3.05, 3.63) is 71.5 Å². The summed E-state index contributed by atoms with van der Waals surface area (Å²) in [5.41, 5.74) is 6.27. The Kier molecular flexibility index (Phi) is 7.60. The van der Waals surface area contributed by atoms with Crippen molar-refractivity contribution in [1.82, 2.24) is 15.0 Å². The Labute approximate surface area is 188 Å². The van der Waals surface area contributed by atoms with Gasteiger partial charge in [-0.25, -0.2) is 0 Å². The summed E-state index contributed by atoms with van der Waals surface area (Å²) < 4.78 is 11.3. The van der Waals surface area contributed by atoms with E-state index in [1.165, 1.54) is 5.56 Å². The number of aromatic nitrogens is 3. The van der Waals surface area contributed by atoms with Gasteiger partial charge in [0.25, 0.3) is 0 Å². The molecule has 32 heavy (non-hydrogen) atoms. The highest BCUT2D eigenvalue weighted by molar-refractivity contribution is 5.80. The molecule has 1 saturated heterocycles. The van der Waals surface area contributed by atoms with Crippen molar-refractivity contribution < 1.29 is 9.47 Å². The second-order valence-electron chi connectivity index (χ2n) is 7.55. The Morgan fingerprint density at radius 2 is 2.03 bits per heavy atom. The van der Waals surface area contributed by atoms with Gasteiger partial charge in [0.1, 0.15) is 5.82 Å². The predicted octanol–water partition coefficient (Wildman–Crippen LogP) is 3.47. The number of ether oxygens (including phenoxy) is 2. The number of hydrazone groups is 1. The molecule has 0 radical (unpaired) electrons. The third kappa shape index (κ3) is 6.49. The van der Waals surface area contributed by atoms with Gasteiger partial charge in [-0.15, -0.1) is 0 Å². The fraction of sp³-hybridized carbons (Fsp3) is 0.333. The quantitative estimate of drug-likeness (QED) is 0.315. The highest BCUT2D eigenvalue weighted by Gasteiger charge is 2.15. The van der Waals surface area contributed by atoms with Crippen LogP contribution in [0.15, 0.2) is 59.8 Å². The molecule has 1 aliphatic rings. The Balaban J connectivity index is 1.42. The molecule has 0 bridgehead atoms. The minimum absolute atomic E-state index is 0.336. The first-order valence-corrected chi connectivity index (χ1v) is 10.9. The first kappa shape index (κ1) is 21.7. The van der Waals surface area contributed by atoms with Crippen LogP contribution in [-0.4, -0.2) is 54.1 Å². The lowest BCUT2D eigenvalue weighted by atomic mass is 10.2. The number of morpholine rings is 1. The molecule has 166 valence electrons. The molecular formula is C24H28N6O2. The molecule has 3 aromatic rings. The number of benzene rings is 1. The van der Waals surface area contributed by atoms with Crippen molar-refractivity contribution in [3.63, 3.8) is 0 Å². The molecule has 0 saturated carbocycles. The molecule has 1 N–H and O–H groups in total. The van der Waals surface area contributed by atoms with Crippen LogP contribution in [0.1, 0.15) is 23.2 Å². The Morgan fingerprint density at radius 1 is 1.12 bits per heavy atom. The first-order valence-electron chi connectivity index (χ1n) is 10.9. The summed E-state index contributed by atoms with van der Waals surface area (Å²) >= 11 is 0. The fourth-order valence-electron chi connectivity index (χ4n) is 3.38. The monoisotopic (exact) mass is 432 g/mol. The summed E-state index contributed by atoms with van der Waals surface area (Å²) in [4.78, 5) is 15.6.